The van der Waals surface area contributed by atoms with E-state index in [9.17, 15) is 13.2 Å². The van der Waals surface area contributed by atoms with Gasteiger partial charge in [-0.3, -0.25) is 4.79 Å². The van der Waals surface area contributed by atoms with Crippen molar-refractivity contribution >= 4 is 27.3 Å². The van der Waals surface area contributed by atoms with Gasteiger partial charge in [0.1, 0.15) is 6.61 Å². The standard InChI is InChI=1S/C21H20N6O4S/c1-15(28)23-17-7-9-18(10-8-17)32(29,30)22-13-14-31-20-12-11-19-24-25-21(27(19)26-20)16-5-3-2-4-6-16/h2-12,22H,13-14H2,1H3,(H,23,28). The van der Waals surface area contributed by atoms with Crippen LogP contribution >= 0.6 is 0 Å². The molecule has 2 heterocycles. The number of carbonyl (C=O) groups is 1. The van der Waals surface area contributed by atoms with E-state index < -0.39 is 10.0 Å². The molecule has 0 atom stereocenters. The Balaban J connectivity index is 1.37. The molecule has 0 fully saturated rings. The van der Waals surface area contributed by atoms with Gasteiger partial charge in [0.15, 0.2) is 11.5 Å². The second kappa shape index (κ2) is 9.12. The first-order valence-electron chi connectivity index (χ1n) is 9.70. The molecule has 1 amide bonds. The Bertz CT molecular complexity index is 1340. The zero-order chi connectivity index (χ0) is 22.6. The van der Waals surface area contributed by atoms with E-state index in [0.29, 0.717) is 23.0 Å². The molecule has 0 saturated carbocycles. The number of anilines is 1. The van der Waals surface area contributed by atoms with E-state index in [1.54, 1.807) is 16.6 Å². The topological polar surface area (TPSA) is 128 Å². The Labute approximate surface area is 184 Å². The summed E-state index contributed by atoms with van der Waals surface area (Å²) in [5.74, 6) is 0.660. The predicted molar refractivity (Wildman–Crippen MR) is 118 cm³/mol. The average molecular weight is 452 g/mol. The van der Waals surface area contributed by atoms with Crippen LogP contribution in [0.15, 0.2) is 71.6 Å². The van der Waals surface area contributed by atoms with E-state index in [-0.39, 0.29) is 24.0 Å². The fourth-order valence-corrected chi connectivity index (χ4v) is 3.97. The van der Waals surface area contributed by atoms with Crippen LogP contribution < -0.4 is 14.8 Å². The largest absolute Gasteiger partial charge is 0.475 e. The molecule has 0 bridgehead atoms. The first-order valence-corrected chi connectivity index (χ1v) is 11.2. The van der Waals surface area contributed by atoms with E-state index in [1.165, 1.54) is 31.2 Å². The second-order valence-corrected chi connectivity index (χ2v) is 8.55. The quantitative estimate of drug-likeness (QED) is 0.392. The highest BCUT2D eigenvalue weighted by Gasteiger charge is 2.14. The van der Waals surface area contributed by atoms with Crippen LogP contribution in [0.25, 0.3) is 17.0 Å². The van der Waals surface area contributed by atoms with Crippen molar-refractivity contribution in [1.82, 2.24) is 24.5 Å². The number of nitrogens with one attached hydrogen (secondary N) is 2. The van der Waals surface area contributed by atoms with Crippen LogP contribution in [-0.4, -0.2) is 47.3 Å². The van der Waals surface area contributed by atoms with Gasteiger partial charge in [0, 0.05) is 30.8 Å². The smallest absolute Gasteiger partial charge is 0.240 e. The number of fused-ring (bicyclic) bond motifs is 1. The van der Waals surface area contributed by atoms with Crippen molar-refractivity contribution in [3.05, 3.63) is 66.7 Å². The lowest BCUT2D eigenvalue weighted by Crippen LogP contribution is -2.28. The summed E-state index contributed by atoms with van der Waals surface area (Å²) in [4.78, 5) is 11.2. The fourth-order valence-electron chi connectivity index (χ4n) is 2.95. The monoisotopic (exact) mass is 452 g/mol. The number of aromatic nitrogens is 4. The predicted octanol–water partition coefficient (Wildman–Crippen LogP) is 2.11. The highest BCUT2D eigenvalue weighted by Crippen LogP contribution is 2.18. The normalized spacial score (nSPS) is 11.4. The number of amides is 1. The van der Waals surface area contributed by atoms with Gasteiger partial charge < -0.3 is 10.1 Å². The van der Waals surface area contributed by atoms with Crippen LogP contribution in [0.1, 0.15) is 6.92 Å². The van der Waals surface area contributed by atoms with Crippen molar-refractivity contribution in [1.29, 1.82) is 0 Å². The minimum atomic E-state index is -3.72. The summed E-state index contributed by atoms with van der Waals surface area (Å²) in [6, 6.07) is 18.8. The van der Waals surface area contributed by atoms with Gasteiger partial charge in [-0.25, -0.2) is 13.1 Å². The summed E-state index contributed by atoms with van der Waals surface area (Å²) in [7, 11) is -3.72. The number of nitrogens with zero attached hydrogens (tertiary/aromatic N) is 4. The maximum absolute atomic E-state index is 12.4. The third-order valence-corrected chi connectivity index (χ3v) is 5.88. The Morgan fingerprint density at radius 3 is 2.47 bits per heavy atom. The zero-order valence-corrected chi connectivity index (χ0v) is 17.9. The van der Waals surface area contributed by atoms with Crippen LogP contribution in [0, 0.1) is 0 Å². The molecule has 2 aromatic carbocycles. The van der Waals surface area contributed by atoms with Gasteiger partial charge in [-0.2, -0.15) is 4.52 Å². The number of sulfonamides is 1. The molecule has 4 aromatic rings. The van der Waals surface area contributed by atoms with Crippen molar-refractivity contribution in [2.75, 3.05) is 18.5 Å². The Morgan fingerprint density at radius 2 is 1.75 bits per heavy atom. The lowest BCUT2D eigenvalue weighted by molar-refractivity contribution is -0.114. The maximum atomic E-state index is 12.4. The highest BCUT2D eigenvalue weighted by atomic mass is 32.2. The molecule has 2 aromatic heterocycles. The van der Waals surface area contributed by atoms with E-state index in [4.69, 9.17) is 4.74 Å². The van der Waals surface area contributed by atoms with Crippen molar-refractivity contribution in [2.45, 2.75) is 11.8 Å². The van der Waals surface area contributed by atoms with E-state index in [2.05, 4.69) is 25.3 Å². The fraction of sp³-hybridized carbons (Fsp3) is 0.143. The lowest BCUT2D eigenvalue weighted by Gasteiger charge is -2.09. The van der Waals surface area contributed by atoms with Gasteiger partial charge in [-0.15, -0.1) is 15.3 Å². The first kappa shape index (κ1) is 21.4. The van der Waals surface area contributed by atoms with Crippen molar-refractivity contribution in [3.63, 3.8) is 0 Å². The lowest BCUT2D eigenvalue weighted by atomic mass is 10.2. The number of rotatable bonds is 8. The molecule has 11 heteroatoms. The van der Waals surface area contributed by atoms with Crippen LogP contribution in [-0.2, 0) is 14.8 Å². The SMILES string of the molecule is CC(=O)Nc1ccc(S(=O)(=O)NCCOc2ccc3nnc(-c4ccccc4)n3n2)cc1. The van der Waals surface area contributed by atoms with Crippen molar-refractivity contribution < 1.29 is 17.9 Å². The first-order chi connectivity index (χ1) is 15.4. The summed E-state index contributed by atoms with van der Waals surface area (Å²) in [6.45, 7) is 1.50. The number of carbonyl (C=O) groups excluding carboxylic acids is 1. The zero-order valence-electron chi connectivity index (χ0n) is 17.1. The molecule has 0 aliphatic rings. The molecule has 2 N–H and O–H groups in total. The number of benzene rings is 2. The minimum absolute atomic E-state index is 0.0449. The van der Waals surface area contributed by atoms with Crippen LogP contribution in [0.4, 0.5) is 5.69 Å². The number of hydrogen-bond acceptors (Lipinski definition) is 7. The van der Waals surface area contributed by atoms with Gasteiger partial charge in [0.25, 0.3) is 0 Å². The Kier molecular flexibility index (Phi) is 6.10. The molecule has 0 radical (unpaired) electrons. The van der Waals surface area contributed by atoms with Crippen LogP contribution in [0.3, 0.4) is 0 Å². The molecule has 164 valence electrons. The molecular formula is C21H20N6O4S. The third-order valence-electron chi connectivity index (χ3n) is 4.40. The molecule has 4 rings (SSSR count). The van der Waals surface area contributed by atoms with Crippen molar-refractivity contribution in [2.24, 2.45) is 0 Å². The molecule has 0 aliphatic heterocycles. The number of ether oxygens (including phenoxy) is 1. The van der Waals surface area contributed by atoms with E-state index in [0.717, 1.165) is 5.56 Å². The maximum Gasteiger partial charge on any atom is 0.240 e. The van der Waals surface area contributed by atoms with Crippen LogP contribution in [0.2, 0.25) is 0 Å². The van der Waals surface area contributed by atoms with Gasteiger partial charge in [-0.1, -0.05) is 30.3 Å². The molecule has 0 aliphatic carbocycles. The second-order valence-electron chi connectivity index (χ2n) is 6.78. The molecule has 10 nitrogen and oxygen atoms in total. The molecule has 32 heavy (non-hydrogen) atoms. The van der Waals surface area contributed by atoms with Gasteiger partial charge >= 0.3 is 0 Å². The summed E-state index contributed by atoms with van der Waals surface area (Å²) in [5, 5.41) is 15.3. The van der Waals surface area contributed by atoms with Crippen LogP contribution in [0.5, 0.6) is 5.88 Å². The molecule has 0 spiro atoms. The Hall–Kier alpha value is -3.83. The van der Waals surface area contributed by atoms with Gasteiger partial charge in [0.05, 0.1) is 4.90 Å². The molecular weight excluding hydrogens is 432 g/mol. The van der Waals surface area contributed by atoms with Gasteiger partial charge in [0.2, 0.25) is 21.8 Å². The highest BCUT2D eigenvalue weighted by molar-refractivity contribution is 7.89. The summed E-state index contributed by atoms with van der Waals surface area (Å²) in [5.41, 5.74) is 1.95. The number of hydrogen-bond donors (Lipinski definition) is 2. The van der Waals surface area contributed by atoms with Crippen molar-refractivity contribution in [3.8, 4) is 17.3 Å². The summed E-state index contributed by atoms with van der Waals surface area (Å²) < 4.78 is 34.5. The van der Waals surface area contributed by atoms with Gasteiger partial charge in [-0.05, 0) is 30.3 Å². The summed E-state index contributed by atoms with van der Waals surface area (Å²) >= 11 is 0. The van der Waals surface area contributed by atoms with E-state index >= 15 is 0 Å². The summed E-state index contributed by atoms with van der Waals surface area (Å²) in [6.07, 6.45) is 0. The molecule has 0 unspecified atom stereocenters. The minimum Gasteiger partial charge on any atom is -0.475 e. The average Bonchev–Trinajstić information content (AvgIpc) is 3.21. The van der Waals surface area contributed by atoms with E-state index in [1.807, 2.05) is 30.3 Å². The molecule has 0 saturated heterocycles. The third kappa shape index (κ3) is 4.90. The Morgan fingerprint density at radius 1 is 1.00 bits per heavy atom.